The highest BCUT2D eigenvalue weighted by Gasteiger charge is 2.08. The maximum atomic E-state index is 12.5. The highest BCUT2D eigenvalue weighted by Crippen LogP contribution is 2.28. The van der Waals surface area contributed by atoms with Crippen molar-refractivity contribution in [1.82, 2.24) is 15.3 Å². The van der Waals surface area contributed by atoms with E-state index in [4.69, 9.17) is 23.2 Å². The molecule has 0 aliphatic rings. The van der Waals surface area contributed by atoms with Gasteiger partial charge in [0, 0.05) is 36.3 Å². The molecule has 0 aliphatic heterocycles. The van der Waals surface area contributed by atoms with Crippen LogP contribution in [0.2, 0.25) is 10.0 Å². The number of pyridine rings is 2. The maximum absolute atomic E-state index is 12.5. The first-order valence-electron chi connectivity index (χ1n) is 9.29. The summed E-state index contributed by atoms with van der Waals surface area (Å²) >= 11 is 12.1. The van der Waals surface area contributed by atoms with Gasteiger partial charge in [0.1, 0.15) is 0 Å². The van der Waals surface area contributed by atoms with E-state index in [2.05, 4.69) is 15.3 Å². The van der Waals surface area contributed by atoms with Crippen LogP contribution in [-0.4, -0.2) is 15.9 Å². The van der Waals surface area contributed by atoms with Crippen LogP contribution in [0.5, 0.6) is 0 Å². The molecule has 2 aromatic heterocycles. The van der Waals surface area contributed by atoms with E-state index in [1.54, 1.807) is 36.8 Å². The number of hydrogen-bond donors (Lipinski definition) is 1. The van der Waals surface area contributed by atoms with Crippen molar-refractivity contribution < 1.29 is 4.79 Å². The van der Waals surface area contributed by atoms with Crippen molar-refractivity contribution in [3.63, 3.8) is 0 Å². The highest BCUT2D eigenvalue weighted by atomic mass is 35.5. The van der Waals surface area contributed by atoms with Gasteiger partial charge in [-0.2, -0.15) is 0 Å². The molecule has 4 rings (SSSR count). The van der Waals surface area contributed by atoms with Gasteiger partial charge in [-0.25, -0.2) is 0 Å². The molecular weight excluding hydrogens is 417 g/mol. The molecule has 0 unspecified atom stereocenters. The fourth-order valence-corrected chi connectivity index (χ4v) is 3.34. The van der Waals surface area contributed by atoms with Crippen LogP contribution in [0.4, 0.5) is 0 Å². The number of nitrogens with one attached hydrogen (secondary N) is 1. The molecule has 0 saturated heterocycles. The fraction of sp³-hybridized carbons (Fsp3) is 0.0417. The van der Waals surface area contributed by atoms with E-state index in [0.29, 0.717) is 22.2 Å². The predicted octanol–water partition coefficient (Wildman–Crippen LogP) is 6.05. The summed E-state index contributed by atoms with van der Waals surface area (Å²) in [7, 11) is 0. The molecule has 0 radical (unpaired) electrons. The number of halogens is 2. The second-order valence-electron chi connectivity index (χ2n) is 6.67. The summed E-state index contributed by atoms with van der Waals surface area (Å²) < 4.78 is 0. The highest BCUT2D eigenvalue weighted by molar-refractivity contribution is 6.42. The van der Waals surface area contributed by atoms with Gasteiger partial charge in [-0.3, -0.25) is 14.8 Å². The summed E-state index contributed by atoms with van der Waals surface area (Å²) in [6.45, 7) is 0.411. The van der Waals surface area contributed by atoms with Gasteiger partial charge in [-0.05, 0) is 65.2 Å². The van der Waals surface area contributed by atoms with Crippen LogP contribution in [-0.2, 0) is 6.54 Å². The molecule has 1 N–H and O–H groups in total. The lowest BCUT2D eigenvalue weighted by Crippen LogP contribution is -2.22. The van der Waals surface area contributed by atoms with E-state index in [1.165, 1.54) is 0 Å². The molecule has 6 heteroatoms. The van der Waals surface area contributed by atoms with Gasteiger partial charge in [0.25, 0.3) is 5.91 Å². The zero-order valence-electron chi connectivity index (χ0n) is 15.8. The molecule has 4 nitrogen and oxygen atoms in total. The SMILES string of the molecule is O=C(NCc1ccnc(-c2ccncc2)c1)c1ccc(-c2ccc(Cl)c(Cl)c2)cc1. The van der Waals surface area contributed by atoms with Gasteiger partial charge in [-0.1, -0.05) is 41.4 Å². The number of aromatic nitrogens is 2. The Balaban J connectivity index is 1.43. The first-order valence-corrected chi connectivity index (χ1v) is 10.0. The zero-order chi connectivity index (χ0) is 20.9. The molecule has 0 atom stereocenters. The quantitative estimate of drug-likeness (QED) is 0.416. The summed E-state index contributed by atoms with van der Waals surface area (Å²) in [6.07, 6.45) is 5.20. The van der Waals surface area contributed by atoms with Crippen molar-refractivity contribution in [1.29, 1.82) is 0 Å². The van der Waals surface area contributed by atoms with Gasteiger partial charge in [0.05, 0.1) is 15.7 Å². The fourth-order valence-electron chi connectivity index (χ4n) is 3.04. The summed E-state index contributed by atoms with van der Waals surface area (Å²) in [6, 6.07) is 20.5. The lowest BCUT2D eigenvalue weighted by molar-refractivity contribution is 0.0951. The van der Waals surface area contributed by atoms with Crippen LogP contribution in [0.25, 0.3) is 22.4 Å². The summed E-state index contributed by atoms with van der Waals surface area (Å²) in [5, 5.41) is 3.97. The molecule has 30 heavy (non-hydrogen) atoms. The van der Waals surface area contributed by atoms with Crippen molar-refractivity contribution in [2.45, 2.75) is 6.54 Å². The van der Waals surface area contributed by atoms with Crippen LogP contribution in [0.1, 0.15) is 15.9 Å². The minimum absolute atomic E-state index is 0.141. The summed E-state index contributed by atoms with van der Waals surface area (Å²) in [4.78, 5) is 21.0. The number of nitrogens with zero attached hydrogens (tertiary/aromatic N) is 2. The Morgan fingerprint density at radius 1 is 0.767 bits per heavy atom. The van der Waals surface area contributed by atoms with Crippen LogP contribution in [0.15, 0.2) is 85.3 Å². The minimum Gasteiger partial charge on any atom is -0.348 e. The standard InChI is InChI=1S/C24H17Cl2N3O/c25-21-6-5-20(14-22(21)26)17-1-3-19(4-2-17)24(30)29-15-16-7-12-28-23(13-16)18-8-10-27-11-9-18/h1-14H,15H2,(H,29,30). The molecular formula is C24H17Cl2N3O. The summed E-state index contributed by atoms with van der Waals surface area (Å²) in [5.41, 5.74) is 5.28. The van der Waals surface area contributed by atoms with E-state index in [1.807, 2.05) is 48.5 Å². The average molecular weight is 434 g/mol. The van der Waals surface area contributed by atoms with Gasteiger partial charge in [-0.15, -0.1) is 0 Å². The maximum Gasteiger partial charge on any atom is 0.251 e. The third-order valence-electron chi connectivity index (χ3n) is 4.65. The number of rotatable bonds is 5. The number of carbonyl (C=O) groups excluding carboxylic acids is 1. The molecule has 2 heterocycles. The van der Waals surface area contributed by atoms with E-state index >= 15 is 0 Å². The topological polar surface area (TPSA) is 54.9 Å². The molecule has 0 aliphatic carbocycles. The zero-order valence-corrected chi connectivity index (χ0v) is 17.4. The lowest BCUT2D eigenvalue weighted by Gasteiger charge is -2.08. The average Bonchev–Trinajstić information content (AvgIpc) is 2.80. The van der Waals surface area contributed by atoms with Gasteiger partial charge in [0.15, 0.2) is 0 Å². The number of hydrogen-bond acceptors (Lipinski definition) is 3. The smallest absolute Gasteiger partial charge is 0.251 e. The largest absolute Gasteiger partial charge is 0.348 e. The Morgan fingerprint density at radius 2 is 1.50 bits per heavy atom. The molecule has 0 bridgehead atoms. The van der Waals surface area contributed by atoms with Gasteiger partial charge >= 0.3 is 0 Å². The van der Waals surface area contributed by atoms with E-state index in [0.717, 1.165) is 27.9 Å². The molecule has 0 saturated carbocycles. The van der Waals surface area contributed by atoms with E-state index < -0.39 is 0 Å². The number of benzene rings is 2. The number of amides is 1. The molecule has 4 aromatic rings. The number of carbonyl (C=O) groups is 1. The normalized spacial score (nSPS) is 10.6. The van der Waals surface area contributed by atoms with Crippen LogP contribution in [0, 0.1) is 0 Å². The molecule has 0 spiro atoms. The first kappa shape index (κ1) is 20.1. The van der Waals surface area contributed by atoms with E-state index in [9.17, 15) is 4.79 Å². The van der Waals surface area contributed by atoms with Crippen LogP contribution in [0.3, 0.4) is 0 Å². The van der Waals surface area contributed by atoms with Gasteiger partial charge in [0.2, 0.25) is 0 Å². The summed E-state index contributed by atoms with van der Waals surface area (Å²) in [5.74, 6) is -0.141. The molecule has 148 valence electrons. The second-order valence-corrected chi connectivity index (χ2v) is 7.49. The van der Waals surface area contributed by atoms with Crippen molar-refractivity contribution >= 4 is 29.1 Å². The van der Waals surface area contributed by atoms with Crippen LogP contribution < -0.4 is 5.32 Å². The third kappa shape index (κ3) is 4.67. The Bertz CT molecular complexity index is 1180. The second kappa shape index (κ2) is 9.08. The van der Waals surface area contributed by atoms with Crippen LogP contribution >= 0.6 is 23.2 Å². The van der Waals surface area contributed by atoms with Crippen molar-refractivity contribution in [3.05, 3.63) is 106 Å². The Kier molecular flexibility index (Phi) is 6.07. The van der Waals surface area contributed by atoms with Crippen molar-refractivity contribution in [2.75, 3.05) is 0 Å². The van der Waals surface area contributed by atoms with Crippen molar-refractivity contribution in [2.24, 2.45) is 0 Å². The molecule has 1 amide bonds. The van der Waals surface area contributed by atoms with Gasteiger partial charge < -0.3 is 5.32 Å². The lowest BCUT2D eigenvalue weighted by atomic mass is 10.0. The van der Waals surface area contributed by atoms with E-state index in [-0.39, 0.29) is 5.91 Å². The van der Waals surface area contributed by atoms with Crippen molar-refractivity contribution in [3.8, 4) is 22.4 Å². The third-order valence-corrected chi connectivity index (χ3v) is 5.39. The Hall–Kier alpha value is -3.21. The Morgan fingerprint density at radius 3 is 2.23 bits per heavy atom. The Labute approximate surface area is 184 Å². The minimum atomic E-state index is -0.141. The first-order chi connectivity index (χ1) is 14.6. The molecule has 0 fully saturated rings. The monoisotopic (exact) mass is 433 g/mol. The predicted molar refractivity (Wildman–Crippen MR) is 121 cm³/mol. The molecule has 2 aromatic carbocycles.